The summed E-state index contributed by atoms with van der Waals surface area (Å²) >= 11 is 0. The van der Waals surface area contributed by atoms with Crippen molar-refractivity contribution in [1.82, 2.24) is 5.32 Å². The monoisotopic (exact) mass is 406 g/mol. The molecular formula is C25H30N2O3. The number of nitrogens with one attached hydrogen (secondary N) is 2. The molecule has 0 radical (unpaired) electrons. The van der Waals surface area contributed by atoms with Gasteiger partial charge in [0.2, 0.25) is 0 Å². The van der Waals surface area contributed by atoms with Crippen LogP contribution in [-0.2, 0) is 9.59 Å². The van der Waals surface area contributed by atoms with E-state index in [0.717, 1.165) is 39.1 Å². The third kappa shape index (κ3) is 5.21. The van der Waals surface area contributed by atoms with E-state index in [9.17, 15) is 9.59 Å². The normalized spacial score (nSPS) is 11.5. The summed E-state index contributed by atoms with van der Waals surface area (Å²) in [5.74, 6) is 3.79. The Labute approximate surface area is 178 Å². The highest BCUT2D eigenvalue weighted by molar-refractivity contribution is 5.96. The molecule has 0 spiro atoms. The summed E-state index contributed by atoms with van der Waals surface area (Å²) in [6.07, 6.45) is 0. The first kappa shape index (κ1) is 23.0. The van der Waals surface area contributed by atoms with Crippen molar-refractivity contribution in [3.63, 3.8) is 0 Å². The molecule has 0 saturated carbocycles. The van der Waals surface area contributed by atoms with Crippen molar-refractivity contribution in [1.29, 1.82) is 0 Å². The van der Waals surface area contributed by atoms with E-state index in [1.54, 1.807) is 0 Å². The van der Waals surface area contributed by atoms with E-state index in [1.807, 2.05) is 13.8 Å². The van der Waals surface area contributed by atoms with Crippen molar-refractivity contribution >= 4 is 17.6 Å². The quantitative estimate of drug-likeness (QED) is 0.645. The summed E-state index contributed by atoms with van der Waals surface area (Å²) in [4.78, 5) is 22.9. The Morgan fingerprint density at radius 1 is 0.900 bits per heavy atom. The minimum atomic E-state index is -1.09. The van der Waals surface area contributed by atoms with Crippen LogP contribution in [0.4, 0.5) is 5.69 Å². The van der Waals surface area contributed by atoms with Crippen LogP contribution in [0.25, 0.3) is 11.1 Å². The van der Waals surface area contributed by atoms with Crippen molar-refractivity contribution in [2.24, 2.45) is 0 Å². The average Bonchev–Trinajstić information content (AvgIpc) is 2.67. The van der Waals surface area contributed by atoms with Crippen LogP contribution in [0.15, 0.2) is 24.3 Å². The zero-order valence-corrected chi connectivity index (χ0v) is 18.7. The second-order valence-electron chi connectivity index (χ2n) is 7.91. The van der Waals surface area contributed by atoms with E-state index in [4.69, 9.17) is 5.11 Å². The van der Waals surface area contributed by atoms with Gasteiger partial charge in [-0.3, -0.25) is 9.59 Å². The minimum Gasteiger partial charge on any atom is -0.480 e. The number of aliphatic carboxylic acids is 1. The Balaban J connectivity index is 2.42. The predicted octanol–water partition coefficient (Wildman–Crippen LogP) is 4.35. The highest BCUT2D eigenvalue weighted by Crippen LogP contribution is 2.34. The molecular weight excluding hydrogens is 376 g/mol. The summed E-state index contributed by atoms with van der Waals surface area (Å²) < 4.78 is 0. The van der Waals surface area contributed by atoms with E-state index in [0.29, 0.717) is 6.04 Å². The molecule has 2 aromatic rings. The first-order valence-corrected chi connectivity index (χ1v) is 10.1. The van der Waals surface area contributed by atoms with Gasteiger partial charge in [-0.1, -0.05) is 18.1 Å². The van der Waals surface area contributed by atoms with Gasteiger partial charge < -0.3 is 15.7 Å². The van der Waals surface area contributed by atoms with Gasteiger partial charge in [0.1, 0.15) is 6.04 Å². The molecule has 1 atom stereocenters. The maximum atomic E-state index is 12.0. The number of rotatable bonds is 5. The lowest BCUT2D eigenvalue weighted by Gasteiger charge is -2.19. The molecule has 0 heterocycles. The zero-order chi connectivity index (χ0) is 22.6. The summed E-state index contributed by atoms with van der Waals surface area (Å²) in [5.41, 5.74) is 8.48. The van der Waals surface area contributed by atoms with Crippen molar-refractivity contribution in [2.75, 3.05) is 5.32 Å². The summed E-state index contributed by atoms with van der Waals surface area (Å²) in [6, 6.07) is 7.79. The van der Waals surface area contributed by atoms with Crippen LogP contribution in [0, 0.1) is 39.5 Å². The van der Waals surface area contributed by atoms with Crippen LogP contribution < -0.4 is 10.6 Å². The van der Waals surface area contributed by atoms with Gasteiger partial charge in [0.15, 0.2) is 0 Å². The highest BCUT2D eigenvalue weighted by Gasteiger charge is 2.16. The third-order valence-electron chi connectivity index (χ3n) is 5.27. The molecule has 0 fully saturated rings. The Hall–Kier alpha value is -3.26. The predicted molar refractivity (Wildman–Crippen MR) is 122 cm³/mol. The van der Waals surface area contributed by atoms with Crippen molar-refractivity contribution < 1.29 is 14.7 Å². The Morgan fingerprint density at radius 2 is 1.43 bits per heavy atom. The SMILES string of the molecule is Cc1c(C)c(-c2ccc(NC(C)C)cc2)c(C)c(C)c1C#CC(=O)NC(C)C(=O)O. The number of hydrogen-bond donors (Lipinski definition) is 3. The molecule has 0 saturated heterocycles. The maximum Gasteiger partial charge on any atom is 0.325 e. The molecule has 1 unspecified atom stereocenters. The number of benzene rings is 2. The van der Waals surface area contributed by atoms with Gasteiger partial charge in [0, 0.05) is 23.2 Å². The van der Waals surface area contributed by atoms with Gasteiger partial charge in [-0.25, -0.2) is 0 Å². The summed E-state index contributed by atoms with van der Waals surface area (Å²) in [5, 5.41) is 14.7. The molecule has 0 bridgehead atoms. The zero-order valence-electron chi connectivity index (χ0n) is 18.7. The van der Waals surface area contributed by atoms with Gasteiger partial charge >= 0.3 is 5.97 Å². The van der Waals surface area contributed by atoms with Gasteiger partial charge in [0.25, 0.3) is 5.91 Å². The lowest BCUT2D eigenvalue weighted by Crippen LogP contribution is -2.37. The van der Waals surface area contributed by atoms with Crippen molar-refractivity contribution in [2.45, 2.75) is 60.5 Å². The summed E-state index contributed by atoms with van der Waals surface area (Å²) in [7, 11) is 0. The second-order valence-corrected chi connectivity index (χ2v) is 7.91. The van der Waals surface area contributed by atoms with Crippen LogP contribution in [0.5, 0.6) is 0 Å². The molecule has 5 nitrogen and oxygen atoms in total. The standard InChI is InChI=1S/C25H30N2O3/c1-14(2)26-21-10-8-20(9-11-21)24-17(5)15(3)22(16(4)18(24)6)12-13-23(28)27-19(7)25(29)30/h8-11,14,19,26H,1-7H3,(H,27,28)(H,29,30). The Morgan fingerprint density at radius 3 is 1.90 bits per heavy atom. The van der Waals surface area contributed by atoms with Crippen LogP contribution in [0.1, 0.15) is 48.6 Å². The topological polar surface area (TPSA) is 78.4 Å². The maximum absolute atomic E-state index is 12.0. The van der Waals surface area contributed by atoms with Gasteiger partial charge in [-0.15, -0.1) is 0 Å². The molecule has 0 aromatic heterocycles. The first-order chi connectivity index (χ1) is 14.0. The molecule has 0 aliphatic carbocycles. The van der Waals surface area contributed by atoms with Gasteiger partial charge in [-0.05, 0) is 94.0 Å². The third-order valence-corrected chi connectivity index (χ3v) is 5.27. The van der Waals surface area contributed by atoms with Crippen LogP contribution in [0.3, 0.4) is 0 Å². The number of carboxylic acid groups (broad SMARTS) is 1. The lowest BCUT2D eigenvalue weighted by molar-refractivity contribution is -0.140. The van der Waals surface area contributed by atoms with Crippen LogP contribution >= 0.6 is 0 Å². The van der Waals surface area contributed by atoms with E-state index < -0.39 is 17.9 Å². The molecule has 158 valence electrons. The smallest absolute Gasteiger partial charge is 0.325 e. The fourth-order valence-electron chi connectivity index (χ4n) is 3.41. The van der Waals surface area contributed by atoms with Crippen LogP contribution in [0.2, 0.25) is 0 Å². The minimum absolute atomic E-state index is 0.373. The van der Waals surface area contributed by atoms with Gasteiger partial charge in [0.05, 0.1) is 0 Å². The number of carbonyl (C=O) groups is 2. The van der Waals surface area contributed by atoms with Gasteiger partial charge in [-0.2, -0.15) is 0 Å². The average molecular weight is 407 g/mol. The molecule has 2 rings (SSSR count). The molecule has 2 aromatic carbocycles. The number of anilines is 1. The highest BCUT2D eigenvalue weighted by atomic mass is 16.4. The van der Waals surface area contributed by atoms with E-state index in [2.05, 4.69) is 74.4 Å². The molecule has 3 N–H and O–H groups in total. The van der Waals surface area contributed by atoms with E-state index >= 15 is 0 Å². The molecule has 0 aliphatic heterocycles. The number of hydrogen-bond acceptors (Lipinski definition) is 3. The summed E-state index contributed by atoms with van der Waals surface area (Å²) in [6.45, 7) is 13.8. The van der Waals surface area contributed by atoms with E-state index in [1.165, 1.54) is 12.5 Å². The van der Waals surface area contributed by atoms with Crippen LogP contribution in [-0.4, -0.2) is 29.1 Å². The fourth-order valence-corrected chi connectivity index (χ4v) is 3.41. The Bertz CT molecular complexity index is 996. The molecule has 5 heteroatoms. The first-order valence-electron chi connectivity index (χ1n) is 10.1. The second kappa shape index (κ2) is 9.49. The molecule has 1 amide bonds. The molecule has 0 aliphatic rings. The number of amides is 1. The van der Waals surface area contributed by atoms with Crippen molar-refractivity contribution in [3.05, 3.63) is 52.1 Å². The largest absolute Gasteiger partial charge is 0.480 e. The number of carboxylic acids is 1. The van der Waals surface area contributed by atoms with Crippen molar-refractivity contribution in [3.8, 4) is 23.0 Å². The van der Waals surface area contributed by atoms with E-state index in [-0.39, 0.29) is 0 Å². The fraction of sp³-hybridized carbons (Fsp3) is 0.360. The number of carbonyl (C=O) groups excluding carboxylic acids is 1. The lowest BCUT2D eigenvalue weighted by atomic mass is 9.86. The Kier molecular flexibility index (Phi) is 7.28. The molecule has 30 heavy (non-hydrogen) atoms.